The van der Waals surface area contributed by atoms with Gasteiger partial charge in [0.05, 0.1) is 24.4 Å². The average molecular weight is 817 g/mol. The van der Waals surface area contributed by atoms with Crippen molar-refractivity contribution in [3.63, 3.8) is 0 Å². The van der Waals surface area contributed by atoms with E-state index in [1.807, 2.05) is 26.0 Å². The van der Waals surface area contributed by atoms with Gasteiger partial charge in [0.1, 0.15) is 30.1 Å². The molecule has 326 valence electrons. The van der Waals surface area contributed by atoms with Gasteiger partial charge in [-0.1, -0.05) is 49.7 Å². The molecule has 58 heavy (non-hydrogen) atoms. The second kappa shape index (κ2) is 21.4. The van der Waals surface area contributed by atoms with Gasteiger partial charge in [0.2, 0.25) is 5.79 Å². The fourth-order valence-corrected chi connectivity index (χ4v) is 9.55. The van der Waals surface area contributed by atoms with Crippen molar-refractivity contribution >= 4 is 23.4 Å². The summed E-state index contributed by atoms with van der Waals surface area (Å²) in [5.74, 6) is -7.89. The van der Waals surface area contributed by atoms with Crippen LogP contribution in [0.3, 0.4) is 0 Å². The Labute approximate surface area is 344 Å². The van der Waals surface area contributed by atoms with Crippen molar-refractivity contribution in [1.82, 2.24) is 4.90 Å². The normalized spacial score (nSPS) is 40.4. The Morgan fingerprint density at radius 2 is 1.66 bits per heavy atom. The van der Waals surface area contributed by atoms with E-state index in [-0.39, 0.29) is 49.5 Å². The van der Waals surface area contributed by atoms with E-state index in [4.69, 9.17) is 23.7 Å². The zero-order valence-electron chi connectivity index (χ0n) is 35.8. The van der Waals surface area contributed by atoms with Gasteiger partial charge in [0, 0.05) is 52.0 Å². The summed E-state index contributed by atoms with van der Waals surface area (Å²) in [6.07, 6.45) is 5.26. The first-order valence-electron chi connectivity index (χ1n) is 21.1. The smallest absolute Gasteiger partial charge is 0.329 e. The second-order valence-electron chi connectivity index (χ2n) is 17.4. The molecule has 2 saturated heterocycles. The molecule has 2 bridgehead atoms. The third-order valence-corrected chi connectivity index (χ3v) is 13.0. The quantitative estimate of drug-likeness (QED) is 0.137. The van der Waals surface area contributed by atoms with Crippen LogP contribution in [0.25, 0.3) is 0 Å². The van der Waals surface area contributed by atoms with Crippen molar-refractivity contribution in [1.29, 1.82) is 0 Å². The number of aliphatic hydroxyl groups is 2. The number of nitroso groups, excluding NO2 is 1. The number of hydrogen-bond acceptors (Lipinski definition) is 13. The molecule has 2 N–H and O–H groups in total. The van der Waals surface area contributed by atoms with Crippen LogP contribution in [0.1, 0.15) is 105 Å². The Morgan fingerprint density at radius 1 is 0.983 bits per heavy atom. The second-order valence-corrected chi connectivity index (χ2v) is 17.4. The zero-order valence-corrected chi connectivity index (χ0v) is 35.8. The zero-order chi connectivity index (χ0) is 42.9. The molecule has 4 rings (SSSR count). The Bertz CT molecular complexity index is 1530. The van der Waals surface area contributed by atoms with Crippen molar-refractivity contribution in [3.05, 3.63) is 40.9 Å². The summed E-state index contributed by atoms with van der Waals surface area (Å²) in [6, 6.07) is -1.63. The number of aliphatic hydroxyl groups excluding tert-OH is 1. The van der Waals surface area contributed by atoms with Crippen molar-refractivity contribution in [2.75, 3.05) is 27.9 Å². The number of amides is 1. The monoisotopic (exact) mass is 816 g/mol. The van der Waals surface area contributed by atoms with Crippen molar-refractivity contribution in [2.45, 2.75) is 160 Å². The molecule has 3 fully saturated rings. The molecule has 4 aliphatic rings. The molecule has 0 unspecified atom stereocenters. The van der Waals surface area contributed by atoms with E-state index in [2.05, 4.69) is 11.8 Å². The number of methoxy groups -OCH3 is 3. The summed E-state index contributed by atoms with van der Waals surface area (Å²) in [5, 5.41) is 27.0. The highest BCUT2D eigenvalue weighted by Gasteiger charge is 2.56. The molecule has 0 aromatic heterocycles. The number of fused-ring (bicyclic) bond motifs is 3. The maximum absolute atomic E-state index is 14.3. The molecule has 0 radical (unpaired) electrons. The molecular weight excluding hydrogens is 748 g/mol. The van der Waals surface area contributed by atoms with Crippen molar-refractivity contribution in [3.8, 4) is 0 Å². The maximum atomic E-state index is 14.3. The number of Topliss-reactive ketones (excluding diaryl/α,β-unsaturated/α-hetero) is 2. The van der Waals surface area contributed by atoms with Crippen LogP contribution >= 0.6 is 0 Å². The molecule has 1 amide bonds. The number of esters is 1. The van der Waals surface area contributed by atoms with Crippen LogP contribution in [0.5, 0.6) is 0 Å². The fourth-order valence-electron chi connectivity index (χ4n) is 9.55. The van der Waals surface area contributed by atoms with Crippen LogP contribution in [0, 0.1) is 34.5 Å². The van der Waals surface area contributed by atoms with Crippen LogP contribution in [0.2, 0.25) is 0 Å². The molecule has 1 aliphatic carbocycles. The molecule has 1 saturated carbocycles. The first kappa shape index (κ1) is 47.5. The van der Waals surface area contributed by atoms with E-state index < -0.39 is 83.8 Å². The number of hydrogen-bond donors (Lipinski definition) is 2. The molecule has 14 nitrogen and oxygen atoms in total. The maximum Gasteiger partial charge on any atom is 0.329 e. The molecule has 0 spiro atoms. The molecule has 14 heteroatoms. The minimum atomic E-state index is -2.52. The lowest BCUT2D eigenvalue weighted by Crippen LogP contribution is -2.64. The molecule has 0 aromatic rings. The average Bonchev–Trinajstić information content (AvgIpc) is 3.21. The number of carbonyl (C=O) groups is 4. The highest BCUT2D eigenvalue weighted by Crippen LogP contribution is 2.39. The third-order valence-electron chi connectivity index (χ3n) is 13.0. The minimum Gasteiger partial charge on any atom is -0.456 e. The van der Waals surface area contributed by atoms with Crippen LogP contribution < -0.4 is 0 Å². The Kier molecular flexibility index (Phi) is 17.5. The molecule has 3 heterocycles. The van der Waals surface area contributed by atoms with Gasteiger partial charge in [-0.25, -0.2) is 4.79 Å². The van der Waals surface area contributed by atoms with E-state index in [1.165, 1.54) is 19.1 Å². The van der Waals surface area contributed by atoms with Gasteiger partial charge in [-0.2, -0.15) is 4.91 Å². The fraction of sp³-hybridized carbons (Fsp3) is 0.773. The standard InChI is InChI=1S/C44H68N2O12/c1-10-13-31-19-25(2)18-26(3)20-37(55-8)40-38(56-9)22-28(5)44(52,58-40)41(49)42(50)46-17-12-11-14-33(46)43(51)57-39(29(6)34(47)24-35(31)48)27(4)21-30-15-16-32(45-53)36(23-30)54-7/h10,19,21,26,28-34,36-40,47,52H,1,11-18,20,22-24H2,2-9H3/b25-19-,27-21+/t26-,28+,29+,30-,31+,32+,33-,34-,36+,37-,38-,39+,40+,44+/m0/s1. The summed E-state index contributed by atoms with van der Waals surface area (Å²) < 4.78 is 29.8. The lowest BCUT2D eigenvalue weighted by Gasteiger charge is -2.47. The number of rotatable bonds is 8. The summed E-state index contributed by atoms with van der Waals surface area (Å²) in [5.41, 5.74) is 1.58. The van der Waals surface area contributed by atoms with Crippen LogP contribution in [0.15, 0.2) is 41.1 Å². The van der Waals surface area contributed by atoms with Crippen LogP contribution in [0.4, 0.5) is 0 Å². The van der Waals surface area contributed by atoms with Crippen molar-refractivity contribution < 1.29 is 53.1 Å². The Balaban J connectivity index is 1.78. The number of ether oxygens (including phenoxy) is 5. The number of piperidine rings is 1. The third kappa shape index (κ3) is 11.2. The van der Waals surface area contributed by atoms with Crippen molar-refractivity contribution in [2.24, 2.45) is 34.8 Å². The highest BCUT2D eigenvalue weighted by atomic mass is 16.7. The van der Waals surface area contributed by atoms with E-state index in [1.54, 1.807) is 34.0 Å². The Hall–Kier alpha value is -3.14. The van der Waals surface area contributed by atoms with Gasteiger partial charge in [-0.15, -0.1) is 6.58 Å². The summed E-state index contributed by atoms with van der Waals surface area (Å²) in [7, 11) is 4.58. The summed E-state index contributed by atoms with van der Waals surface area (Å²) >= 11 is 0. The predicted molar refractivity (Wildman–Crippen MR) is 216 cm³/mol. The van der Waals surface area contributed by atoms with Gasteiger partial charge >= 0.3 is 5.97 Å². The lowest BCUT2D eigenvalue weighted by molar-refractivity contribution is -0.302. The molecule has 0 aromatic carbocycles. The predicted octanol–water partition coefficient (Wildman–Crippen LogP) is 5.41. The van der Waals surface area contributed by atoms with Gasteiger partial charge < -0.3 is 38.8 Å². The number of ketones is 2. The molecular formula is C44H68N2O12. The van der Waals surface area contributed by atoms with Crippen LogP contribution in [-0.4, -0.2) is 121 Å². The van der Waals surface area contributed by atoms with E-state index in [0.717, 1.165) is 5.57 Å². The largest absolute Gasteiger partial charge is 0.456 e. The first-order valence-corrected chi connectivity index (χ1v) is 21.1. The summed E-state index contributed by atoms with van der Waals surface area (Å²) in [4.78, 5) is 69.3. The van der Waals surface area contributed by atoms with Gasteiger partial charge in [-0.3, -0.25) is 14.4 Å². The SMILES string of the molecule is C=CC[C@@H]1/C=C(/C)C[C@H](C)C[C@H](OC)[C@H]2O[C@@](O)(C(=O)C(=O)N3CCCC[C@H]3C(=O)O[C@H](/C(C)=C/[C@@H]3CC[C@@H](N=O)[C@H](OC)C3)[C@H](C)[C@@H](O)CC1=O)[C@H](C)C[C@@H]2OC. The van der Waals surface area contributed by atoms with E-state index >= 15 is 0 Å². The number of carbonyl (C=O) groups excluding carboxylic acids is 4. The van der Waals surface area contributed by atoms with E-state index in [0.29, 0.717) is 56.9 Å². The topological polar surface area (TPSA) is 188 Å². The molecule has 14 atom stereocenters. The number of cyclic esters (lactones) is 1. The lowest BCUT2D eigenvalue weighted by atomic mass is 9.81. The first-order chi connectivity index (χ1) is 27.5. The van der Waals surface area contributed by atoms with Gasteiger partial charge in [0.25, 0.3) is 11.7 Å². The van der Waals surface area contributed by atoms with E-state index in [9.17, 15) is 34.3 Å². The minimum absolute atomic E-state index is 0.00277. The van der Waals surface area contributed by atoms with Gasteiger partial charge in [-0.05, 0) is 95.5 Å². The Morgan fingerprint density at radius 3 is 2.29 bits per heavy atom. The van der Waals surface area contributed by atoms with Crippen LogP contribution in [-0.2, 0) is 42.9 Å². The number of allylic oxidation sites excluding steroid dienone is 4. The van der Waals surface area contributed by atoms with Gasteiger partial charge in [0.15, 0.2) is 0 Å². The molecule has 3 aliphatic heterocycles. The summed E-state index contributed by atoms with van der Waals surface area (Å²) in [6.45, 7) is 13.1. The number of nitrogens with zero attached hydrogens (tertiary/aromatic N) is 2. The highest BCUT2D eigenvalue weighted by molar-refractivity contribution is 6.39.